The molecule has 2 aromatic heterocycles. The van der Waals surface area contributed by atoms with Gasteiger partial charge in [0, 0.05) is 42.2 Å². The first-order valence-corrected chi connectivity index (χ1v) is 10.1. The van der Waals surface area contributed by atoms with Gasteiger partial charge < -0.3 is 10.2 Å². The average molecular weight is 421 g/mol. The maximum atomic E-state index is 12.9. The molecule has 1 aromatic carbocycles. The van der Waals surface area contributed by atoms with Crippen LogP contribution in [0.2, 0.25) is 0 Å². The molecular weight excluding hydrogens is 398 g/mol. The van der Waals surface area contributed by atoms with E-state index in [4.69, 9.17) is 0 Å². The summed E-state index contributed by atoms with van der Waals surface area (Å²) in [5.74, 6) is 0.261. The van der Waals surface area contributed by atoms with Crippen molar-refractivity contribution in [1.29, 1.82) is 0 Å². The predicted octanol–water partition coefficient (Wildman–Crippen LogP) is 3.35. The second-order valence-electron chi connectivity index (χ2n) is 7.64. The van der Waals surface area contributed by atoms with Gasteiger partial charge in [-0.05, 0) is 51.8 Å². The Balaban J connectivity index is 1.65. The molecule has 0 radical (unpaired) electrons. The standard InChI is InChI=1S/C21H23N7O3/c1-13-10-14(2)23-21(22-13)27-19(11-15(3)25-27)24-20(29)16-6-7-17(18(12-16)28(30)31)26-8-4-5-9-26/h6-7,10-12H,4-5,8-9H2,1-3H3,(H,24,29). The number of nitro benzene ring substituents is 1. The number of anilines is 2. The Morgan fingerprint density at radius 3 is 2.35 bits per heavy atom. The second-order valence-corrected chi connectivity index (χ2v) is 7.64. The average Bonchev–Trinajstić information content (AvgIpc) is 3.36. The number of aromatic nitrogens is 4. The Kier molecular flexibility index (Phi) is 5.37. The topological polar surface area (TPSA) is 119 Å². The summed E-state index contributed by atoms with van der Waals surface area (Å²) in [6.45, 7) is 7.06. The normalized spacial score (nSPS) is 13.5. The minimum absolute atomic E-state index is 0.0723. The van der Waals surface area contributed by atoms with Crippen molar-refractivity contribution in [2.75, 3.05) is 23.3 Å². The maximum absolute atomic E-state index is 12.9. The zero-order chi connectivity index (χ0) is 22.1. The molecule has 0 saturated carbocycles. The summed E-state index contributed by atoms with van der Waals surface area (Å²) < 4.78 is 1.46. The molecule has 1 aliphatic heterocycles. The molecule has 1 amide bonds. The molecule has 0 spiro atoms. The van der Waals surface area contributed by atoms with E-state index < -0.39 is 10.8 Å². The van der Waals surface area contributed by atoms with E-state index in [0.29, 0.717) is 23.1 Å². The molecule has 3 aromatic rings. The zero-order valence-corrected chi connectivity index (χ0v) is 17.6. The lowest BCUT2D eigenvalue weighted by molar-refractivity contribution is -0.384. The summed E-state index contributed by atoms with van der Waals surface area (Å²) in [6.07, 6.45) is 2.01. The quantitative estimate of drug-likeness (QED) is 0.495. The summed E-state index contributed by atoms with van der Waals surface area (Å²) in [5.41, 5.74) is 2.90. The van der Waals surface area contributed by atoms with Gasteiger partial charge in [0.1, 0.15) is 11.5 Å². The van der Waals surface area contributed by atoms with Crippen molar-refractivity contribution in [1.82, 2.24) is 19.7 Å². The van der Waals surface area contributed by atoms with Gasteiger partial charge in [0.05, 0.1) is 10.6 Å². The third-order valence-electron chi connectivity index (χ3n) is 5.11. The van der Waals surface area contributed by atoms with E-state index in [1.54, 1.807) is 25.1 Å². The molecule has 0 unspecified atom stereocenters. The number of amides is 1. The summed E-state index contributed by atoms with van der Waals surface area (Å²) in [7, 11) is 0. The van der Waals surface area contributed by atoms with Crippen LogP contribution in [0.25, 0.3) is 5.95 Å². The first-order valence-electron chi connectivity index (χ1n) is 10.1. The van der Waals surface area contributed by atoms with Gasteiger partial charge in [0.25, 0.3) is 17.5 Å². The molecular formula is C21H23N7O3. The van der Waals surface area contributed by atoms with E-state index in [9.17, 15) is 14.9 Å². The zero-order valence-electron chi connectivity index (χ0n) is 17.6. The van der Waals surface area contributed by atoms with E-state index in [-0.39, 0.29) is 11.3 Å². The molecule has 160 valence electrons. The minimum atomic E-state index is -0.471. The molecule has 10 heteroatoms. The number of hydrogen-bond donors (Lipinski definition) is 1. The summed E-state index contributed by atoms with van der Waals surface area (Å²) in [4.78, 5) is 34.9. The van der Waals surface area contributed by atoms with Gasteiger partial charge in [-0.25, -0.2) is 9.97 Å². The van der Waals surface area contributed by atoms with Crippen LogP contribution >= 0.6 is 0 Å². The number of hydrogen-bond acceptors (Lipinski definition) is 7. The second kappa shape index (κ2) is 8.13. The van der Waals surface area contributed by atoms with Crippen LogP contribution < -0.4 is 10.2 Å². The molecule has 0 atom stereocenters. The lowest BCUT2D eigenvalue weighted by Crippen LogP contribution is -2.20. The van der Waals surface area contributed by atoms with Crippen LogP contribution in [0.4, 0.5) is 17.2 Å². The van der Waals surface area contributed by atoms with Gasteiger partial charge in [-0.2, -0.15) is 9.78 Å². The molecule has 4 rings (SSSR count). The molecule has 1 saturated heterocycles. The molecule has 1 N–H and O–H groups in total. The fourth-order valence-electron chi connectivity index (χ4n) is 3.77. The van der Waals surface area contributed by atoms with Crippen molar-refractivity contribution < 1.29 is 9.72 Å². The number of nitrogens with one attached hydrogen (secondary N) is 1. The number of benzene rings is 1. The molecule has 1 fully saturated rings. The van der Waals surface area contributed by atoms with Gasteiger partial charge >= 0.3 is 0 Å². The lowest BCUT2D eigenvalue weighted by atomic mass is 10.1. The Hall–Kier alpha value is -3.82. The fourth-order valence-corrected chi connectivity index (χ4v) is 3.77. The lowest BCUT2D eigenvalue weighted by Gasteiger charge is -2.17. The summed E-state index contributed by atoms with van der Waals surface area (Å²) in [6, 6.07) is 8.12. The number of nitro groups is 1. The highest BCUT2D eigenvalue weighted by Gasteiger charge is 2.24. The minimum Gasteiger partial charge on any atom is -0.366 e. The molecule has 31 heavy (non-hydrogen) atoms. The molecule has 1 aliphatic rings. The van der Waals surface area contributed by atoms with Crippen molar-refractivity contribution in [2.24, 2.45) is 0 Å². The van der Waals surface area contributed by atoms with Crippen LogP contribution in [-0.2, 0) is 0 Å². The first-order chi connectivity index (χ1) is 14.8. The van der Waals surface area contributed by atoms with Crippen LogP contribution in [0.15, 0.2) is 30.3 Å². The van der Waals surface area contributed by atoms with E-state index in [1.807, 2.05) is 24.8 Å². The number of carbonyl (C=O) groups is 1. The van der Waals surface area contributed by atoms with Gasteiger partial charge in [-0.3, -0.25) is 14.9 Å². The molecule has 0 aliphatic carbocycles. The van der Waals surface area contributed by atoms with E-state index >= 15 is 0 Å². The number of rotatable bonds is 5. The predicted molar refractivity (Wildman–Crippen MR) is 116 cm³/mol. The smallest absolute Gasteiger partial charge is 0.293 e. The van der Waals surface area contributed by atoms with Gasteiger partial charge in [-0.1, -0.05) is 0 Å². The SMILES string of the molecule is Cc1cc(C)nc(-n2nc(C)cc2NC(=O)c2ccc(N3CCCC3)c([N+](=O)[O-])c2)n1. The van der Waals surface area contributed by atoms with Crippen molar-refractivity contribution in [3.8, 4) is 5.95 Å². The monoisotopic (exact) mass is 421 g/mol. The largest absolute Gasteiger partial charge is 0.366 e. The van der Waals surface area contributed by atoms with Gasteiger partial charge in [-0.15, -0.1) is 0 Å². The van der Waals surface area contributed by atoms with E-state index in [1.165, 1.54) is 10.7 Å². The third kappa shape index (κ3) is 4.23. The number of aryl methyl sites for hydroxylation is 3. The van der Waals surface area contributed by atoms with Crippen LogP contribution in [0.5, 0.6) is 0 Å². The Morgan fingerprint density at radius 2 is 1.71 bits per heavy atom. The fraction of sp³-hybridized carbons (Fsp3) is 0.333. The van der Waals surface area contributed by atoms with Crippen molar-refractivity contribution in [2.45, 2.75) is 33.6 Å². The molecule has 0 bridgehead atoms. The Morgan fingerprint density at radius 1 is 1.03 bits per heavy atom. The van der Waals surface area contributed by atoms with Crippen LogP contribution in [0, 0.1) is 30.9 Å². The van der Waals surface area contributed by atoms with Crippen molar-refractivity contribution in [3.05, 3.63) is 63.1 Å². The highest BCUT2D eigenvalue weighted by Crippen LogP contribution is 2.32. The van der Waals surface area contributed by atoms with E-state index in [0.717, 1.165) is 37.3 Å². The highest BCUT2D eigenvalue weighted by atomic mass is 16.6. The summed E-state index contributed by atoms with van der Waals surface area (Å²) >= 11 is 0. The Bertz CT molecular complexity index is 1150. The molecule has 3 heterocycles. The van der Waals surface area contributed by atoms with Crippen molar-refractivity contribution in [3.63, 3.8) is 0 Å². The highest BCUT2D eigenvalue weighted by molar-refractivity contribution is 6.04. The number of nitrogens with zero attached hydrogens (tertiary/aromatic N) is 6. The molecule has 10 nitrogen and oxygen atoms in total. The van der Waals surface area contributed by atoms with Gasteiger partial charge in [0.15, 0.2) is 0 Å². The first kappa shape index (κ1) is 20.5. The number of carbonyl (C=O) groups excluding carboxylic acids is 1. The third-order valence-corrected chi connectivity index (χ3v) is 5.11. The van der Waals surface area contributed by atoms with E-state index in [2.05, 4.69) is 20.4 Å². The van der Waals surface area contributed by atoms with Crippen LogP contribution in [0.3, 0.4) is 0 Å². The maximum Gasteiger partial charge on any atom is 0.293 e. The Labute approximate surface area is 179 Å². The van der Waals surface area contributed by atoms with Crippen molar-refractivity contribution >= 4 is 23.1 Å². The van der Waals surface area contributed by atoms with Crippen LogP contribution in [0.1, 0.15) is 40.3 Å². The summed E-state index contributed by atoms with van der Waals surface area (Å²) in [5, 5.41) is 18.8. The van der Waals surface area contributed by atoms with Gasteiger partial charge in [0.2, 0.25) is 0 Å². The van der Waals surface area contributed by atoms with Crippen LogP contribution in [-0.4, -0.2) is 43.7 Å².